The molecule has 1 atom stereocenters. The lowest BCUT2D eigenvalue weighted by molar-refractivity contribution is -0.127. The van der Waals surface area contributed by atoms with Crippen LogP contribution in [0.4, 0.5) is 10.1 Å². The molecule has 1 N–H and O–H groups in total. The molecule has 3 aromatic carbocycles. The molecule has 0 unspecified atom stereocenters. The third-order valence-electron chi connectivity index (χ3n) is 5.59. The number of benzene rings is 3. The van der Waals surface area contributed by atoms with Crippen LogP contribution in [0.25, 0.3) is 11.4 Å². The van der Waals surface area contributed by atoms with Gasteiger partial charge in [-0.3, -0.25) is 14.5 Å². The van der Waals surface area contributed by atoms with Crippen LogP contribution in [0.15, 0.2) is 72.8 Å². The first kappa shape index (κ1) is 26.2. The van der Waals surface area contributed by atoms with Gasteiger partial charge < -0.3 is 5.32 Å². The molecule has 0 radical (unpaired) electrons. The number of aromatic nitrogens is 4. The minimum Gasteiger partial charge on any atom is -0.350 e. The quantitative estimate of drug-likeness (QED) is 0.325. The SMILES string of the molecule is CC[C@@H](C(=O)NCc1ccc(F)cc1)N(C(=O)Cn1nnc(-c2ccc(Cl)cc2)n1)c1ccc(Cl)cc1. The Kier molecular flexibility index (Phi) is 8.47. The Morgan fingerprint density at radius 2 is 1.59 bits per heavy atom. The second-order valence-corrected chi connectivity index (χ2v) is 9.03. The topological polar surface area (TPSA) is 93.0 Å². The zero-order valence-corrected chi connectivity index (χ0v) is 21.3. The maximum Gasteiger partial charge on any atom is 0.251 e. The molecule has 1 heterocycles. The van der Waals surface area contributed by atoms with Crippen molar-refractivity contribution in [3.05, 3.63) is 94.2 Å². The van der Waals surface area contributed by atoms with Gasteiger partial charge in [-0.05, 0) is 77.9 Å². The highest BCUT2D eigenvalue weighted by molar-refractivity contribution is 6.31. The summed E-state index contributed by atoms with van der Waals surface area (Å²) in [6.07, 6.45) is 0.338. The number of nitrogens with zero attached hydrogens (tertiary/aromatic N) is 5. The van der Waals surface area contributed by atoms with Crippen LogP contribution in [-0.2, 0) is 22.7 Å². The monoisotopic (exact) mass is 540 g/mol. The van der Waals surface area contributed by atoms with Crippen LogP contribution in [0.5, 0.6) is 0 Å². The summed E-state index contributed by atoms with van der Waals surface area (Å²) in [6, 6.07) is 18.6. The Bertz CT molecular complexity index is 1360. The molecule has 0 saturated heterocycles. The van der Waals surface area contributed by atoms with Gasteiger partial charge in [0.25, 0.3) is 5.91 Å². The van der Waals surface area contributed by atoms with Crippen LogP contribution in [0, 0.1) is 5.82 Å². The van der Waals surface area contributed by atoms with E-state index in [9.17, 15) is 14.0 Å². The van der Waals surface area contributed by atoms with Crippen molar-refractivity contribution in [3.63, 3.8) is 0 Å². The molecular weight excluding hydrogens is 518 g/mol. The van der Waals surface area contributed by atoms with Gasteiger partial charge in [-0.2, -0.15) is 4.80 Å². The second kappa shape index (κ2) is 11.9. The van der Waals surface area contributed by atoms with E-state index in [2.05, 4.69) is 20.7 Å². The molecule has 0 aliphatic heterocycles. The Labute approximate surface area is 223 Å². The molecule has 0 spiro atoms. The first-order valence-electron chi connectivity index (χ1n) is 11.5. The largest absolute Gasteiger partial charge is 0.350 e. The van der Waals surface area contributed by atoms with E-state index < -0.39 is 11.9 Å². The molecular formula is C26H23Cl2FN6O2. The van der Waals surface area contributed by atoms with Crippen LogP contribution in [0.3, 0.4) is 0 Å². The highest BCUT2D eigenvalue weighted by Gasteiger charge is 2.30. The number of carbonyl (C=O) groups excluding carboxylic acids is 2. The molecule has 1 aromatic heterocycles. The lowest BCUT2D eigenvalue weighted by atomic mass is 10.1. The zero-order chi connectivity index (χ0) is 26.4. The second-order valence-electron chi connectivity index (χ2n) is 8.16. The number of amides is 2. The minimum atomic E-state index is -0.826. The third-order valence-corrected chi connectivity index (χ3v) is 6.09. The molecule has 4 rings (SSSR count). The number of tetrazole rings is 1. The van der Waals surface area contributed by atoms with E-state index in [-0.39, 0.29) is 24.8 Å². The van der Waals surface area contributed by atoms with Crippen LogP contribution in [0.1, 0.15) is 18.9 Å². The van der Waals surface area contributed by atoms with Crippen LogP contribution in [0.2, 0.25) is 10.0 Å². The number of hydrogen-bond donors (Lipinski definition) is 1. The van der Waals surface area contributed by atoms with Crippen molar-refractivity contribution in [2.45, 2.75) is 32.5 Å². The molecule has 190 valence electrons. The van der Waals surface area contributed by atoms with E-state index in [1.54, 1.807) is 60.7 Å². The lowest BCUT2D eigenvalue weighted by Crippen LogP contribution is -2.50. The number of hydrogen-bond acceptors (Lipinski definition) is 5. The van der Waals surface area contributed by atoms with Gasteiger partial charge in [-0.15, -0.1) is 10.2 Å². The summed E-state index contributed by atoms with van der Waals surface area (Å²) in [6.45, 7) is 1.75. The molecule has 0 aliphatic rings. The highest BCUT2D eigenvalue weighted by Crippen LogP contribution is 2.23. The Balaban J connectivity index is 1.54. The molecule has 0 aliphatic carbocycles. The van der Waals surface area contributed by atoms with Crippen LogP contribution >= 0.6 is 23.2 Å². The predicted octanol–water partition coefficient (Wildman–Crippen LogP) is 4.91. The van der Waals surface area contributed by atoms with E-state index >= 15 is 0 Å². The Morgan fingerprint density at radius 1 is 0.973 bits per heavy atom. The van der Waals surface area contributed by atoms with E-state index in [1.165, 1.54) is 21.8 Å². The van der Waals surface area contributed by atoms with Crippen molar-refractivity contribution in [1.82, 2.24) is 25.5 Å². The summed E-state index contributed by atoms with van der Waals surface area (Å²) >= 11 is 12.0. The van der Waals surface area contributed by atoms with Gasteiger partial charge in [0.1, 0.15) is 18.4 Å². The first-order chi connectivity index (χ1) is 17.8. The predicted molar refractivity (Wildman–Crippen MR) is 140 cm³/mol. The van der Waals surface area contributed by atoms with Gasteiger partial charge in [0.2, 0.25) is 11.7 Å². The van der Waals surface area contributed by atoms with Crippen molar-refractivity contribution >= 4 is 40.7 Å². The summed E-state index contributed by atoms with van der Waals surface area (Å²) < 4.78 is 13.2. The molecule has 2 amide bonds. The van der Waals surface area contributed by atoms with Crippen molar-refractivity contribution in [1.29, 1.82) is 0 Å². The average molecular weight is 541 g/mol. The molecule has 37 heavy (non-hydrogen) atoms. The molecule has 8 nitrogen and oxygen atoms in total. The first-order valence-corrected chi connectivity index (χ1v) is 12.2. The Hall–Kier alpha value is -3.82. The van der Waals surface area contributed by atoms with E-state index in [0.717, 1.165) is 5.56 Å². The molecule has 4 aromatic rings. The van der Waals surface area contributed by atoms with Crippen LogP contribution in [-0.4, -0.2) is 38.1 Å². The maximum atomic E-state index is 13.5. The van der Waals surface area contributed by atoms with Crippen molar-refractivity contribution < 1.29 is 14.0 Å². The van der Waals surface area contributed by atoms with Crippen molar-refractivity contribution in [2.24, 2.45) is 0 Å². The number of rotatable bonds is 9. The van der Waals surface area contributed by atoms with Gasteiger partial charge in [0.15, 0.2) is 0 Å². The van der Waals surface area contributed by atoms with E-state index in [4.69, 9.17) is 23.2 Å². The standard InChI is InChI=1S/C26H23Cl2FN6O2/c1-2-23(26(37)30-15-17-3-11-21(29)12-4-17)35(22-13-9-20(28)10-14-22)24(36)16-34-32-25(31-33-34)18-5-7-19(27)8-6-18/h3-14,23H,2,15-16H2,1H3,(H,30,37)/t23-/m0/s1. The number of halogens is 3. The number of nitrogens with one attached hydrogen (secondary N) is 1. The van der Waals surface area contributed by atoms with Gasteiger partial charge in [-0.25, -0.2) is 4.39 Å². The fourth-order valence-corrected chi connectivity index (χ4v) is 3.97. The van der Waals surface area contributed by atoms with Gasteiger partial charge in [0, 0.05) is 27.8 Å². The summed E-state index contributed by atoms with van der Waals surface area (Å²) in [7, 11) is 0. The summed E-state index contributed by atoms with van der Waals surface area (Å²) in [4.78, 5) is 29.3. The number of carbonyl (C=O) groups is 2. The van der Waals surface area contributed by atoms with Crippen molar-refractivity contribution in [3.8, 4) is 11.4 Å². The van der Waals surface area contributed by atoms with Crippen LogP contribution < -0.4 is 10.2 Å². The van der Waals surface area contributed by atoms with Crippen molar-refractivity contribution in [2.75, 3.05) is 4.90 Å². The van der Waals surface area contributed by atoms with Gasteiger partial charge in [0.05, 0.1) is 0 Å². The average Bonchev–Trinajstić information content (AvgIpc) is 3.36. The Morgan fingerprint density at radius 3 is 2.22 bits per heavy atom. The van der Waals surface area contributed by atoms with E-state index in [1.807, 2.05) is 6.92 Å². The molecule has 11 heteroatoms. The zero-order valence-electron chi connectivity index (χ0n) is 19.8. The normalized spacial score (nSPS) is 11.7. The molecule has 0 fully saturated rings. The smallest absolute Gasteiger partial charge is 0.251 e. The fourth-order valence-electron chi connectivity index (χ4n) is 3.72. The molecule has 0 bridgehead atoms. The molecule has 0 saturated carbocycles. The van der Waals surface area contributed by atoms with E-state index in [0.29, 0.717) is 33.5 Å². The summed E-state index contributed by atoms with van der Waals surface area (Å²) in [5, 5.41) is 16.2. The lowest BCUT2D eigenvalue weighted by Gasteiger charge is -2.30. The fraction of sp³-hybridized carbons (Fsp3) is 0.192. The third kappa shape index (κ3) is 6.69. The van der Waals surface area contributed by atoms with Gasteiger partial charge >= 0.3 is 0 Å². The summed E-state index contributed by atoms with van der Waals surface area (Å²) in [5.74, 6) is -0.789. The van der Waals surface area contributed by atoms with Gasteiger partial charge in [-0.1, -0.05) is 42.3 Å². The summed E-state index contributed by atoms with van der Waals surface area (Å²) in [5.41, 5.74) is 1.93. The number of anilines is 1. The highest BCUT2D eigenvalue weighted by atomic mass is 35.5. The minimum absolute atomic E-state index is 0.188. The maximum absolute atomic E-state index is 13.5.